The number of benzene rings is 1. The minimum atomic E-state index is -0.665. The van der Waals surface area contributed by atoms with E-state index in [1.54, 1.807) is 29.2 Å². The van der Waals surface area contributed by atoms with Crippen molar-refractivity contribution in [2.24, 2.45) is 11.1 Å². The molecular formula is C27H25F2N7O. The molecule has 2 bridgehead atoms. The number of nitrogens with two attached hydrogens (primary N) is 1. The second kappa shape index (κ2) is 8.22. The highest BCUT2D eigenvalue weighted by atomic mass is 19.1. The van der Waals surface area contributed by atoms with E-state index in [4.69, 9.17) is 10.7 Å². The molecule has 0 spiro atoms. The Balaban J connectivity index is 1.43. The van der Waals surface area contributed by atoms with Gasteiger partial charge < -0.3 is 5.73 Å². The number of amides is 1. The Hall–Kier alpha value is -4.08. The van der Waals surface area contributed by atoms with Gasteiger partial charge in [0.25, 0.3) is 0 Å². The van der Waals surface area contributed by atoms with E-state index < -0.39 is 23.0 Å². The van der Waals surface area contributed by atoms with Crippen LogP contribution in [0.15, 0.2) is 48.8 Å². The first-order valence-electron chi connectivity index (χ1n) is 12.2. The van der Waals surface area contributed by atoms with Crippen molar-refractivity contribution in [3.8, 4) is 22.8 Å². The van der Waals surface area contributed by atoms with Crippen molar-refractivity contribution in [2.45, 2.75) is 51.0 Å². The smallest absolute Gasteiger partial charge is 0.219 e. The fourth-order valence-corrected chi connectivity index (χ4v) is 6.31. The first kappa shape index (κ1) is 23.3. The van der Waals surface area contributed by atoms with Gasteiger partial charge in [-0.3, -0.25) is 9.48 Å². The van der Waals surface area contributed by atoms with E-state index in [9.17, 15) is 13.6 Å². The second-order valence-electron chi connectivity index (χ2n) is 10.3. The topological polar surface area (TPSA) is 112 Å². The predicted octanol–water partition coefficient (Wildman–Crippen LogP) is 4.15. The van der Waals surface area contributed by atoms with Crippen molar-refractivity contribution in [2.75, 3.05) is 0 Å². The zero-order valence-corrected chi connectivity index (χ0v) is 20.4. The van der Waals surface area contributed by atoms with Crippen LogP contribution in [0.5, 0.6) is 0 Å². The Morgan fingerprint density at radius 2 is 1.92 bits per heavy atom. The second-order valence-corrected chi connectivity index (χ2v) is 10.3. The Morgan fingerprint density at radius 3 is 2.68 bits per heavy atom. The summed E-state index contributed by atoms with van der Waals surface area (Å²) in [6.07, 6.45) is 5.39. The van der Waals surface area contributed by atoms with Gasteiger partial charge in [0.15, 0.2) is 5.82 Å². The summed E-state index contributed by atoms with van der Waals surface area (Å²) < 4.78 is 30.7. The van der Waals surface area contributed by atoms with Crippen LogP contribution < -0.4 is 5.73 Å². The van der Waals surface area contributed by atoms with E-state index in [0.29, 0.717) is 18.1 Å². The van der Waals surface area contributed by atoms with Crippen LogP contribution in [0.1, 0.15) is 56.0 Å². The lowest BCUT2D eigenvalue weighted by molar-refractivity contribution is -0.118. The number of nitrogens with zero attached hydrogens (tertiary/aromatic N) is 6. The van der Waals surface area contributed by atoms with Gasteiger partial charge in [-0.2, -0.15) is 10.2 Å². The molecule has 0 radical (unpaired) electrons. The number of carbonyl (C=O) groups excluding carboxylic acids is 1. The molecule has 1 aromatic carbocycles. The molecule has 2 aliphatic carbocycles. The summed E-state index contributed by atoms with van der Waals surface area (Å²) in [6.45, 7) is 4.76. The number of carbonyl (C=O) groups is 1. The molecular weight excluding hydrogens is 476 g/mol. The highest BCUT2D eigenvalue weighted by Crippen LogP contribution is 2.69. The van der Waals surface area contributed by atoms with Crippen molar-refractivity contribution in [1.82, 2.24) is 29.9 Å². The summed E-state index contributed by atoms with van der Waals surface area (Å²) in [5.74, 6) is -1.12. The highest BCUT2D eigenvalue weighted by molar-refractivity contribution is 5.73. The van der Waals surface area contributed by atoms with Gasteiger partial charge in [-0.25, -0.2) is 18.7 Å². The fourth-order valence-electron chi connectivity index (χ4n) is 6.31. The van der Waals surface area contributed by atoms with Gasteiger partial charge >= 0.3 is 0 Å². The number of aromatic nitrogens is 6. The molecule has 10 heteroatoms. The molecule has 2 aliphatic rings. The lowest BCUT2D eigenvalue weighted by Gasteiger charge is -2.37. The summed E-state index contributed by atoms with van der Waals surface area (Å²) in [6, 6.07) is 9.28. The maximum absolute atomic E-state index is 14.5. The third kappa shape index (κ3) is 3.38. The van der Waals surface area contributed by atoms with Gasteiger partial charge in [-0.05, 0) is 60.1 Å². The van der Waals surface area contributed by atoms with Crippen LogP contribution >= 0.6 is 0 Å². The van der Waals surface area contributed by atoms with Gasteiger partial charge in [-0.1, -0.05) is 19.9 Å². The van der Waals surface area contributed by atoms with Crippen molar-refractivity contribution < 1.29 is 13.6 Å². The lowest BCUT2D eigenvalue weighted by Crippen LogP contribution is -2.38. The predicted molar refractivity (Wildman–Crippen MR) is 131 cm³/mol. The summed E-state index contributed by atoms with van der Waals surface area (Å²) in [5, 5.41) is 13.4. The number of hydrogen-bond donors (Lipinski definition) is 1. The van der Waals surface area contributed by atoms with Gasteiger partial charge in [-0.15, -0.1) is 5.10 Å². The molecule has 37 heavy (non-hydrogen) atoms. The Labute approximate surface area is 212 Å². The first-order chi connectivity index (χ1) is 17.7. The van der Waals surface area contributed by atoms with Gasteiger partial charge in [0.05, 0.1) is 28.1 Å². The molecule has 2 N–H and O–H groups in total. The van der Waals surface area contributed by atoms with Crippen molar-refractivity contribution in [3.63, 3.8) is 0 Å². The van der Waals surface area contributed by atoms with Crippen LogP contribution in [0.3, 0.4) is 0 Å². The average Bonchev–Trinajstić information content (AvgIpc) is 3.50. The van der Waals surface area contributed by atoms with Crippen LogP contribution in [-0.4, -0.2) is 35.9 Å². The number of halogens is 2. The van der Waals surface area contributed by atoms with Crippen LogP contribution in [0, 0.1) is 17.0 Å². The van der Waals surface area contributed by atoms with E-state index >= 15 is 0 Å². The molecule has 6 rings (SSSR count). The number of fused-ring (bicyclic) bond motifs is 5. The maximum Gasteiger partial charge on any atom is 0.219 e. The molecule has 3 aromatic heterocycles. The van der Waals surface area contributed by atoms with Crippen LogP contribution in [0.4, 0.5) is 8.78 Å². The van der Waals surface area contributed by atoms with Gasteiger partial charge in [0.1, 0.15) is 17.3 Å². The molecule has 3 heterocycles. The molecule has 2 atom stereocenters. The van der Waals surface area contributed by atoms with Gasteiger partial charge in [0, 0.05) is 25.4 Å². The van der Waals surface area contributed by atoms with E-state index in [1.165, 1.54) is 18.2 Å². The SMILES string of the molecule is CC1(C)[C@H]2CC[C@]1(c1ccnc(-c3ccn(CCC(N)=O)n3)n1)c1nnc(-c3c(F)cccc3F)cc12. The first-order valence-corrected chi connectivity index (χ1v) is 12.2. The normalized spacial score (nSPS) is 21.2. The number of rotatable bonds is 6. The number of primary amides is 1. The molecule has 8 nitrogen and oxygen atoms in total. The van der Waals surface area contributed by atoms with E-state index in [2.05, 4.69) is 34.1 Å². The average molecular weight is 502 g/mol. The quantitative estimate of drug-likeness (QED) is 0.425. The molecule has 0 unspecified atom stereocenters. The van der Waals surface area contributed by atoms with Crippen molar-refractivity contribution >= 4 is 5.91 Å². The summed E-state index contributed by atoms with van der Waals surface area (Å²) in [4.78, 5) is 20.5. The molecule has 1 amide bonds. The Morgan fingerprint density at radius 1 is 1.14 bits per heavy atom. The molecule has 4 aromatic rings. The van der Waals surface area contributed by atoms with Crippen LogP contribution in [-0.2, 0) is 16.8 Å². The number of hydrogen-bond acceptors (Lipinski definition) is 6. The van der Waals surface area contributed by atoms with Crippen LogP contribution in [0.25, 0.3) is 22.8 Å². The van der Waals surface area contributed by atoms with E-state index in [0.717, 1.165) is 29.8 Å². The van der Waals surface area contributed by atoms with Gasteiger partial charge in [0.2, 0.25) is 5.91 Å². The molecule has 188 valence electrons. The van der Waals surface area contributed by atoms with E-state index in [1.807, 2.05) is 6.07 Å². The van der Waals surface area contributed by atoms with E-state index in [-0.39, 0.29) is 29.0 Å². The third-order valence-electron chi connectivity index (χ3n) is 8.15. The minimum absolute atomic E-state index is 0.137. The third-order valence-corrected chi connectivity index (χ3v) is 8.15. The minimum Gasteiger partial charge on any atom is -0.370 e. The Bertz CT molecular complexity index is 1530. The zero-order chi connectivity index (χ0) is 25.9. The molecule has 1 saturated carbocycles. The van der Waals surface area contributed by atoms with Crippen molar-refractivity contribution in [1.29, 1.82) is 0 Å². The highest BCUT2D eigenvalue weighted by Gasteiger charge is 2.65. The van der Waals surface area contributed by atoms with Crippen molar-refractivity contribution in [3.05, 3.63) is 77.4 Å². The molecule has 0 aliphatic heterocycles. The van der Waals surface area contributed by atoms with Crippen LogP contribution in [0.2, 0.25) is 0 Å². The monoisotopic (exact) mass is 501 g/mol. The summed E-state index contributed by atoms with van der Waals surface area (Å²) in [5.41, 5.74) is 7.65. The molecule has 0 saturated heterocycles. The summed E-state index contributed by atoms with van der Waals surface area (Å²) >= 11 is 0. The molecule has 1 fully saturated rings. The standard InChI is InChI=1S/C27H25F2N7O/c1-26(2)16-6-10-27(26,24-15(16)14-20(33-34-24)23-17(28)4-3-5-18(23)29)21-7-11-31-25(32-21)19-8-12-36(35-19)13-9-22(30)37/h3-5,7-8,11-12,14,16H,6,9-10,13H2,1-2H3,(H2,30,37)/t16-,27-/m0/s1. The number of aryl methyl sites for hydroxylation is 1. The maximum atomic E-state index is 14.5. The summed E-state index contributed by atoms with van der Waals surface area (Å²) in [7, 11) is 0. The Kier molecular flexibility index (Phi) is 5.18. The largest absolute Gasteiger partial charge is 0.370 e. The zero-order valence-electron chi connectivity index (χ0n) is 20.4. The lowest BCUT2D eigenvalue weighted by atomic mass is 9.66. The fraction of sp³-hybridized carbons (Fsp3) is 0.333.